The monoisotopic (exact) mass is 329 g/mol. The Balaban J connectivity index is 0.00000176. The van der Waals surface area contributed by atoms with Gasteiger partial charge >= 0.3 is 0 Å². The number of nitrogens with one attached hydrogen (secondary N) is 1. The second-order valence-electron chi connectivity index (χ2n) is 6.32. The van der Waals surface area contributed by atoms with E-state index in [0.29, 0.717) is 0 Å². The number of nitrogens with zero attached hydrogens (tertiary/aromatic N) is 4. The first-order valence-corrected chi connectivity index (χ1v) is 8.24. The Hall–Kier alpha value is -0.690. The molecule has 0 bridgehead atoms. The van der Waals surface area contributed by atoms with E-state index in [9.17, 15) is 0 Å². The second-order valence-corrected chi connectivity index (χ2v) is 6.32. The Bertz CT molecular complexity index is 447. The minimum absolute atomic E-state index is 0. The Morgan fingerprint density at radius 3 is 2.59 bits per heavy atom. The zero-order valence-corrected chi connectivity index (χ0v) is 14.4. The molecule has 2 fully saturated rings. The van der Waals surface area contributed by atoms with Crippen molar-refractivity contribution in [2.45, 2.75) is 44.7 Å². The van der Waals surface area contributed by atoms with Gasteiger partial charge in [-0.05, 0) is 39.9 Å². The highest BCUT2D eigenvalue weighted by Crippen LogP contribution is 2.25. The highest BCUT2D eigenvalue weighted by atomic mass is 35.5. The molecule has 3 heterocycles. The summed E-state index contributed by atoms with van der Waals surface area (Å²) in [5, 5.41) is 7.64. The van der Waals surface area contributed by atoms with E-state index in [1.54, 1.807) is 0 Å². The molecular weight excluding hydrogens is 302 g/mol. The van der Waals surface area contributed by atoms with Crippen LogP contribution in [0.4, 0.5) is 0 Å². The van der Waals surface area contributed by atoms with E-state index in [1.165, 1.54) is 25.7 Å². The predicted octanol–water partition coefficient (Wildman–Crippen LogP) is 2.00. The van der Waals surface area contributed by atoms with Crippen LogP contribution in [0.15, 0.2) is 4.52 Å². The van der Waals surface area contributed by atoms with Crippen LogP contribution in [0.2, 0.25) is 0 Å². The van der Waals surface area contributed by atoms with Gasteiger partial charge in [0.1, 0.15) is 0 Å². The fourth-order valence-electron chi connectivity index (χ4n) is 3.29. The molecule has 126 valence electrons. The number of likely N-dealkylation sites (tertiary alicyclic amines) is 1. The van der Waals surface area contributed by atoms with E-state index >= 15 is 0 Å². The van der Waals surface area contributed by atoms with Crippen molar-refractivity contribution in [1.82, 2.24) is 25.3 Å². The number of rotatable bonds is 3. The number of hydrogen-bond donors (Lipinski definition) is 1. The van der Waals surface area contributed by atoms with Crippen molar-refractivity contribution in [3.8, 4) is 0 Å². The summed E-state index contributed by atoms with van der Waals surface area (Å²) >= 11 is 0. The first-order chi connectivity index (χ1) is 10.3. The fourth-order valence-corrected chi connectivity index (χ4v) is 3.29. The molecule has 2 unspecified atom stereocenters. The smallest absolute Gasteiger partial charge is 0.243 e. The van der Waals surface area contributed by atoms with Crippen molar-refractivity contribution in [2.75, 3.05) is 39.8 Å². The normalized spacial score (nSPS) is 26.2. The molecule has 0 aromatic carbocycles. The summed E-state index contributed by atoms with van der Waals surface area (Å²) in [4.78, 5) is 9.46. The molecule has 1 aromatic rings. The van der Waals surface area contributed by atoms with Crippen LogP contribution in [0.25, 0.3) is 0 Å². The fraction of sp³-hybridized carbons (Fsp3) is 0.867. The number of hydrogen-bond acceptors (Lipinski definition) is 6. The Kier molecular flexibility index (Phi) is 6.62. The molecule has 2 aliphatic heterocycles. The summed E-state index contributed by atoms with van der Waals surface area (Å²) in [6.07, 6.45) is 5.24. The standard InChI is InChI=1S/C15H27N5O.ClH/c1-12(20-8-5-3-4-6-9-20)15-17-14(18-21-15)13-11-16-7-10-19(13)2;/h12-13,16H,3-11H2,1-2H3;1H. The summed E-state index contributed by atoms with van der Waals surface area (Å²) in [6, 6.07) is 0.457. The molecule has 2 atom stereocenters. The summed E-state index contributed by atoms with van der Waals surface area (Å²) in [6.45, 7) is 7.42. The van der Waals surface area contributed by atoms with E-state index in [4.69, 9.17) is 4.52 Å². The van der Waals surface area contributed by atoms with Crippen LogP contribution in [0.5, 0.6) is 0 Å². The zero-order chi connectivity index (χ0) is 14.7. The van der Waals surface area contributed by atoms with Crippen molar-refractivity contribution in [3.63, 3.8) is 0 Å². The van der Waals surface area contributed by atoms with Crippen LogP contribution in [0, 0.1) is 0 Å². The van der Waals surface area contributed by atoms with E-state index < -0.39 is 0 Å². The lowest BCUT2D eigenvalue weighted by atomic mass is 10.2. The number of halogens is 1. The van der Waals surface area contributed by atoms with Crippen LogP contribution in [-0.4, -0.2) is 59.7 Å². The topological polar surface area (TPSA) is 57.4 Å². The van der Waals surface area contributed by atoms with Crippen LogP contribution in [0.3, 0.4) is 0 Å². The quantitative estimate of drug-likeness (QED) is 0.915. The third kappa shape index (κ3) is 3.98. The summed E-state index contributed by atoms with van der Waals surface area (Å²) in [5.74, 6) is 1.59. The Labute approximate surface area is 139 Å². The maximum absolute atomic E-state index is 5.56. The van der Waals surface area contributed by atoms with E-state index in [2.05, 4.69) is 39.2 Å². The van der Waals surface area contributed by atoms with Gasteiger partial charge in [-0.1, -0.05) is 18.0 Å². The van der Waals surface area contributed by atoms with Gasteiger partial charge in [0.15, 0.2) is 5.82 Å². The third-order valence-electron chi connectivity index (χ3n) is 4.81. The lowest BCUT2D eigenvalue weighted by molar-refractivity contribution is 0.176. The molecule has 1 N–H and O–H groups in total. The van der Waals surface area contributed by atoms with Crippen molar-refractivity contribution < 1.29 is 4.52 Å². The predicted molar refractivity (Wildman–Crippen MR) is 88.2 cm³/mol. The average Bonchev–Trinajstić information content (AvgIpc) is 2.82. The van der Waals surface area contributed by atoms with Crippen LogP contribution < -0.4 is 5.32 Å². The maximum atomic E-state index is 5.56. The molecule has 0 amide bonds. The zero-order valence-electron chi connectivity index (χ0n) is 13.6. The molecule has 22 heavy (non-hydrogen) atoms. The van der Waals surface area contributed by atoms with Gasteiger partial charge in [0, 0.05) is 19.6 Å². The first kappa shape index (κ1) is 17.7. The molecule has 7 heteroatoms. The summed E-state index contributed by atoms with van der Waals surface area (Å²) < 4.78 is 5.56. The van der Waals surface area contributed by atoms with Gasteiger partial charge in [0.25, 0.3) is 0 Å². The average molecular weight is 330 g/mol. The molecule has 1 aromatic heterocycles. The van der Waals surface area contributed by atoms with Crippen molar-refractivity contribution in [1.29, 1.82) is 0 Å². The number of aromatic nitrogens is 2. The van der Waals surface area contributed by atoms with Crippen LogP contribution >= 0.6 is 12.4 Å². The molecule has 0 saturated carbocycles. The Morgan fingerprint density at radius 2 is 1.91 bits per heavy atom. The van der Waals surface area contributed by atoms with Crippen molar-refractivity contribution >= 4 is 12.4 Å². The van der Waals surface area contributed by atoms with Crippen molar-refractivity contribution in [3.05, 3.63) is 11.7 Å². The summed E-state index contributed by atoms with van der Waals surface area (Å²) in [7, 11) is 2.12. The number of piperazine rings is 1. The summed E-state index contributed by atoms with van der Waals surface area (Å²) in [5.41, 5.74) is 0. The SMILES string of the molecule is CC(c1nc(C2CNCCN2C)no1)N1CCCCCC1.Cl. The maximum Gasteiger partial charge on any atom is 0.243 e. The first-order valence-electron chi connectivity index (χ1n) is 8.24. The number of likely N-dealkylation sites (N-methyl/N-ethyl adjacent to an activating group) is 1. The third-order valence-corrected chi connectivity index (χ3v) is 4.81. The highest BCUT2D eigenvalue weighted by Gasteiger charge is 2.28. The van der Waals surface area contributed by atoms with E-state index in [-0.39, 0.29) is 24.5 Å². The molecule has 0 aliphatic carbocycles. The minimum atomic E-state index is 0. The molecule has 0 radical (unpaired) electrons. The van der Waals surface area contributed by atoms with Gasteiger partial charge in [-0.3, -0.25) is 9.80 Å². The second kappa shape index (κ2) is 8.24. The molecular formula is C15H28ClN5O. The highest BCUT2D eigenvalue weighted by molar-refractivity contribution is 5.85. The lowest BCUT2D eigenvalue weighted by Gasteiger charge is -2.30. The molecule has 6 nitrogen and oxygen atoms in total. The van der Waals surface area contributed by atoms with Gasteiger partial charge in [0.05, 0.1) is 12.1 Å². The van der Waals surface area contributed by atoms with Gasteiger partial charge in [-0.2, -0.15) is 4.98 Å². The molecule has 2 saturated heterocycles. The van der Waals surface area contributed by atoms with E-state index in [1.807, 2.05) is 0 Å². The Morgan fingerprint density at radius 1 is 1.18 bits per heavy atom. The van der Waals surface area contributed by atoms with Crippen LogP contribution in [-0.2, 0) is 0 Å². The van der Waals surface area contributed by atoms with Gasteiger partial charge in [0.2, 0.25) is 5.89 Å². The minimum Gasteiger partial charge on any atom is -0.338 e. The van der Waals surface area contributed by atoms with Crippen molar-refractivity contribution in [2.24, 2.45) is 0 Å². The van der Waals surface area contributed by atoms with E-state index in [0.717, 1.165) is 44.4 Å². The largest absolute Gasteiger partial charge is 0.338 e. The molecule has 2 aliphatic rings. The van der Waals surface area contributed by atoms with Crippen LogP contribution in [0.1, 0.15) is 56.4 Å². The van der Waals surface area contributed by atoms with Gasteiger partial charge < -0.3 is 9.84 Å². The van der Waals surface area contributed by atoms with Gasteiger partial charge in [-0.25, -0.2) is 0 Å². The molecule has 3 rings (SSSR count). The van der Waals surface area contributed by atoms with Gasteiger partial charge in [-0.15, -0.1) is 12.4 Å². The molecule has 0 spiro atoms. The lowest BCUT2D eigenvalue weighted by Crippen LogP contribution is -2.44.